The second-order valence-corrected chi connectivity index (χ2v) is 5.50. The minimum Gasteiger partial charge on any atom is -0.352 e. The molecule has 0 unspecified atom stereocenters. The number of imide groups is 1. The van der Waals surface area contributed by atoms with Crippen LogP contribution in [-0.2, 0) is 9.59 Å². The molecule has 1 saturated carbocycles. The maximum atomic E-state index is 11.9. The molecule has 1 aliphatic carbocycles. The van der Waals surface area contributed by atoms with E-state index in [9.17, 15) is 14.4 Å². The van der Waals surface area contributed by atoms with Crippen molar-refractivity contribution in [2.75, 3.05) is 6.54 Å². The lowest BCUT2D eigenvalue weighted by molar-refractivity contribution is -0.134. The fourth-order valence-corrected chi connectivity index (χ4v) is 2.45. The normalized spacial score (nSPS) is 23.3. The highest BCUT2D eigenvalue weighted by Gasteiger charge is 2.44. The van der Waals surface area contributed by atoms with Gasteiger partial charge in [-0.05, 0) is 26.7 Å². The van der Waals surface area contributed by atoms with Crippen molar-refractivity contribution in [2.45, 2.75) is 51.1 Å². The number of nitrogens with one attached hydrogen (secondary N) is 2. The lowest BCUT2D eigenvalue weighted by atomic mass is 10.1. The number of hydrogen-bond donors (Lipinski definition) is 2. The van der Waals surface area contributed by atoms with E-state index in [0.717, 1.165) is 30.6 Å². The van der Waals surface area contributed by atoms with Crippen molar-refractivity contribution in [1.29, 1.82) is 0 Å². The Labute approximate surface area is 106 Å². The van der Waals surface area contributed by atoms with Crippen LogP contribution in [0.15, 0.2) is 0 Å². The first-order valence-corrected chi connectivity index (χ1v) is 6.33. The largest absolute Gasteiger partial charge is 0.352 e. The third-order valence-electron chi connectivity index (χ3n) is 3.47. The molecule has 4 amide bonds. The quantitative estimate of drug-likeness (QED) is 0.713. The average Bonchev–Trinajstić information content (AvgIpc) is 2.82. The van der Waals surface area contributed by atoms with E-state index < -0.39 is 11.6 Å². The first-order chi connectivity index (χ1) is 8.40. The Hall–Kier alpha value is -1.59. The molecule has 6 heteroatoms. The van der Waals surface area contributed by atoms with Gasteiger partial charge in [0, 0.05) is 6.04 Å². The Morgan fingerprint density at radius 2 is 2.00 bits per heavy atom. The molecule has 1 heterocycles. The van der Waals surface area contributed by atoms with Crippen LogP contribution in [0.3, 0.4) is 0 Å². The number of carbonyl (C=O) groups is 3. The summed E-state index contributed by atoms with van der Waals surface area (Å²) in [5.74, 6) is -0.614. The van der Waals surface area contributed by atoms with Crippen LogP contribution in [0.2, 0.25) is 0 Å². The van der Waals surface area contributed by atoms with Crippen LogP contribution in [0.25, 0.3) is 0 Å². The van der Waals surface area contributed by atoms with E-state index in [0.29, 0.717) is 0 Å². The molecule has 0 aromatic rings. The number of urea groups is 1. The summed E-state index contributed by atoms with van der Waals surface area (Å²) in [6, 6.07) is -0.294. The van der Waals surface area contributed by atoms with E-state index in [1.165, 1.54) is 0 Å². The molecule has 2 N–H and O–H groups in total. The molecule has 2 aliphatic rings. The summed E-state index contributed by atoms with van der Waals surface area (Å²) in [5, 5.41) is 5.41. The summed E-state index contributed by atoms with van der Waals surface area (Å²) < 4.78 is 0. The van der Waals surface area contributed by atoms with Crippen molar-refractivity contribution < 1.29 is 14.4 Å². The van der Waals surface area contributed by atoms with Crippen molar-refractivity contribution in [1.82, 2.24) is 15.5 Å². The molecule has 0 aromatic carbocycles. The maximum absolute atomic E-state index is 11.9. The van der Waals surface area contributed by atoms with Crippen molar-refractivity contribution in [3.05, 3.63) is 0 Å². The predicted octanol–water partition coefficient (Wildman–Crippen LogP) is 0.376. The molecule has 2 fully saturated rings. The predicted molar refractivity (Wildman–Crippen MR) is 64.7 cm³/mol. The highest BCUT2D eigenvalue weighted by Crippen LogP contribution is 2.18. The second-order valence-electron chi connectivity index (χ2n) is 5.50. The first-order valence-electron chi connectivity index (χ1n) is 6.33. The standard InChI is InChI=1S/C12H19N3O3/c1-12(2)10(17)15(11(18)14-12)7-9(16)13-8-5-3-4-6-8/h8H,3-7H2,1-2H3,(H,13,16)(H,14,18). The molecule has 0 atom stereocenters. The van der Waals surface area contributed by atoms with Gasteiger partial charge in [-0.2, -0.15) is 0 Å². The molecule has 1 aliphatic heterocycles. The van der Waals surface area contributed by atoms with Gasteiger partial charge in [-0.3, -0.25) is 14.5 Å². The van der Waals surface area contributed by atoms with Crippen LogP contribution < -0.4 is 10.6 Å². The van der Waals surface area contributed by atoms with Gasteiger partial charge in [-0.15, -0.1) is 0 Å². The highest BCUT2D eigenvalue weighted by atomic mass is 16.2. The molecule has 0 bridgehead atoms. The molecular weight excluding hydrogens is 234 g/mol. The summed E-state index contributed by atoms with van der Waals surface area (Å²) >= 11 is 0. The minimum absolute atomic E-state index is 0.190. The van der Waals surface area contributed by atoms with E-state index in [-0.39, 0.29) is 24.4 Å². The van der Waals surface area contributed by atoms with Crippen LogP contribution in [0.4, 0.5) is 4.79 Å². The Bertz CT molecular complexity index is 386. The van der Waals surface area contributed by atoms with E-state index in [4.69, 9.17) is 0 Å². The van der Waals surface area contributed by atoms with Gasteiger partial charge in [0.25, 0.3) is 5.91 Å². The van der Waals surface area contributed by atoms with Crippen molar-refractivity contribution in [3.8, 4) is 0 Å². The van der Waals surface area contributed by atoms with Gasteiger partial charge >= 0.3 is 6.03 Å². The molecule has 0 aromatic heterocycles. The third-order valence-corrected chi connectivity index (χ3v) is 3.47. The Kier molecular flexibility index (Phi) is 3.28. The fraction of sp³-hybridized carbons (Fsp3) is 0.750. The Balaban J connectivity index is 1.91. The smallest absolute Gasteiger partial charge is 0.325 e. The van der Waals surface area contributed by atoms with Crippen LogP contribution in [0.1, 0.15) is 39.5 Å². The van der Waals surface area contributed by atoms with Crippen LogP contribution >= 0.6 is 0 Å². The van der Waals surface area contributed by atoms with Gasteiger partial charge in [0.1, 0.15) is 12.1 Å². The zero-order chi connectivity index (χ0) is 13.3. The van der Waals surface area contributed by atoms with Gasteiger partial charge in [-0.25, -0.2) is 4.79 Å². The third kappa shape index (κ3) is 2.47. The summed E-state index contributed by atoms with van der Waals surface area (Å²) in [4.78, 5) is 36.2. The van der Waals surface area contributed by atoms with Gasteiger partial charge in [0.15, 0.2) is 0 Å². The number of carbonyl (C=O) groups excluding carboxylic acids is 3. The topological polar surface area (TPSA) is 78.5 Å². The maximum Gasteiger partial charge on any atom is 0.325 e. The van der Waals surface area contributed by atoms with E-state index in [1.54, 1.807) is 13.8 Å². The molecule has 18 heavy (non-hydrogen) atoms. The molecule has 6 nitrogen and oxygen atoms in total. The van der Waals surface area contributed by atoms with Gasteiger partial charge < -0.3 is 10.6 Å². The van der Waals surface area contributed by atoms with E-state index >= 15 is 0 Å². The lowest BCUT2D eigenvalue weighted by Gasteiger charge is -2.17. The molecule has 100 valence electrons. The van der Waals surface area contributed by atoms with Crippen molar-refractivity contribution in [3.63, 3.8) is 0 Å². The van der Waals surface area contributed by atoms with Crippen LogP contribution in [0, 0.1) is 0 Å². The van der Waals surface area contributed by atoms with Crippen LogP contribution in [0.5, 0.6) is 0 Å². The number of nitrogens with zero attached hydrogens (tertiary/aromatic N) is 1. The fourth-order valence-electron chi connectivity index (χ4n) is 2.45. The second kappa shape index (κ2) is 4.59. The summed E-state index contributed by atoms with van der Waals surface area (Å²) in [7, 11) is 0. The summed E-state index contributed by atoms with van der Waals surface area (Å²) in [6.45, 7) is 3.06. The number of hydrogen-bond acceptors (Lipinski definition) is 3. The molecule has 0 spiro atoms. The Morgan fingerprint density at radius 3 is 2.50 bits per heavy atom. The zero-order valence-electron chi connectivity index (χ0n) is 10.8. The first kappa shape index (κ1) is 12.9. The van der Waals surface area contributed by atoms with Crippen molar-refractivity contribution >= 4 is 17.8 Å². The Morgan fingerprint density at radius 1 is 1.39 bits per heavy atom. The molecular formula is C12H19N3O3. The van der Waals surface area contributed by atoms with Gasteiger partial charge in [0.05, 0.1) is 0 Å². The van der Waals surface area contributed by atoms with Crippen molar-refractivity contribution in [2.24, 2.45) is 0 Å². The van der Waals surface area contributed by atoms with E-state index in [2.05, 4.69) is 10.6 Å². The summed E-state index contributed by atoms with van der Waals surface area (Å²) in [6.07, 6.45) is 4.22. The van der Waals surface area contributed by atoms with Gasteiger partial charge in [0.2, 0.25) is 5.91 Å². The monoisotopic (exact) mass is 253 g/mol. The molecule has 2 rings (SSSR count). The van der Waals surface area contributed by atoms with E-state index in [1.807, 2.05) is 0 Å². The SMILES string of the molecule is CC1(C)NC(=O)N(CC(=O)NC2CCCC2)C1=O. The average molecular weight is 253 g/mol. The van der Waals surface area contributed by atoms with Gasteiger partial charge in [-0.1, -0.05) is 12.8 Å². The highest BCUT2D eigenvalue weighted by molar-refractivity contribution is 6.08. The van der Waals surface area contributed by atoms with Crippen LogP contribution in [-0.4, -0.2) is 40.9 Å². The lowest BCUT2D eigenvalue weighted by Crippen LogP contribution is -2.45. The molecule has 0 radical (unpaired) electrons. The zero-order valence-corrected chi connectivity index (χ0v) is 10.8. The number of rotatable bonds is 3. The minimum atomic E-state index is -0.912. The summed E-state index contributed by atoms with van der Waals surface area (Å²) in [5.41, 5.74) is -0.912. The number of amides is 4. The molecule has 1 saturated heterocycles.